The molecule has 5 rings (SSSR count). The van der Waals surface area contributed by atoms with Crippen molar-refractivity contribution in [2.45, 2.75) is 75.0 Å². The summed E-state index contributed by atoms with van der Waals surface area (Å²) < 4.78 is 4.00. The quantitative estimate of drug-likeness (QED) is 0.389. The lowest BCUT2D eigenvalue weighted by atomic mass is 9.74. The third-order valence-electron chi connectivity index (χ3n) is 8.74. The molecule has 2 saturated heterocycles. The molecule has 0 radical (unpaired) electrons. The number of aliphatic hydroxyl groups is 1. The summed E-state index contributed by atoms with van der Waals surface area (Å²) in [6, 6.07) is 4.03. The highest BCUT2D eigenvalue weighted by molar-refractivity contribution is 8.02. The SMILES string of the molecule is Cc1cccc(Cl)c1N1CC=C[C@]23S[C@]4(C)/C=C\CCCCOC(=O)[C@@H]4[C@H]2C(=O)N([C@@H](CO)CC(C)C)C3C1=O. The van der Waals surface area contributed by atoms with Gasteiger partial charge in [0.1, 0.15) is 6.04 Å². The Morgan fingerprint density at radius 2 is 1.90 bits per heavy atom. The fourth-order valence-corrected chi connectivity index (χ4v) is 9.58. The van der Waals surface area contributed by atoms with E-state index in [0.717, 1.165) is 24.8 Å². The second-order valence-corrected chi connectivity index (χ2v) is 14.2. The lowest BCUT2D eigenvalue weighted by Gasteiger charge is -2.40. The van der Waals surface area contributed by atoms with Gasteiger partial charge in [0, 0.05) is 11.3 Å². The first kappa shape index (κ1) is 29.2. The Hall–Kier alpha value is -2.29. The van der Waals surface area contributed by atoms with Crippen LogP contribution in [0.4, 0.5) is 5.69 Å². The monoisotopic (exact) mass is 586 g/mol. The molecule has 7 nitrogen and oxygen atoms in total. The Kier molecular flexibility index (Phi) is 8.16. The zero-order chi connectivity index (χ0) is 28.8. The standard InChI is InChI=1S/C31H39ClN2O5S/c1-19(2)17-21(18-35)34-26-28(37)33(25-20(3)11-9-12-22(25)32)15-10-14-31(26)23(27(34)36)24-29(38)39-16-8-6-5-7-13-30(24,4)40-31/h7,9-14,19,21,23-24,26,35H,5-6,8,15-18H2,1-4H3/b13-7-/t21-,23+,24+,26?,30-,31+/m1/s1. The van der Waals surface area contributed by atoms with Gasteiger partial charge in [-0.05, 0) is 57.1 Å². The van der Waals surface area contributed by atoms with Gasteiger partial charge in [0.25, 0.3) is 5.91 Å². The molecule has 4 aliphatic heterocycles. The highest BCUT2D eigenvalue weighted by Gasteiger charge is 2.74. The first-order valence-electron chi connectivity index (χ1n) is 14.3. The molecule has 216 valence electrons. The molecule has 1 N–H and O–H groups in total. The van der Waals surface area contributed by atoms with Gasteiger partial charge in [-0.25, -0.2) is 0 Å². The zero-order valence-electron chi connectivity index (χ0n) is 23.6. The van der Waals surface area contributed by atoms with Crippen LogP contribution in [0, 0.1) is 24.7 Å². The van der Waals surface area contributed by atoms with Gasteiger partial charge < -0.3 is 19.6 Å². The number of esters is 1. The number of fused-ring (bicyclic) bond motifs is 2. The van der Waals surface area contributed by atoms with Crippen molar-refractivity contribution in [3.63, 3.8) is 0 Å². The summed E-state index contributed by atoms with van der Waals surface area (Å²) in [5, 5.41) is 11.0. The first-order chi connectivity index (χ1) is 19.1. The van der Waals surface area contributed by atoms with Crippen molar-refractivity contribution in [1.82, 2.24) is 4.90 Å². The number of allylic oxidation sites excluding steroid dienone is 1. The third-order valence-corrected chi connectivity index (χ3v) is 10.8. The summed E-state index contributed by atoms with van der Waals surface area (Å²) in [6.07, 6.45) is 11.1. The normalized spacial score (nSPS) is 33.8. The summed E-state index contributed by atoms with van der Waals surface area (Å²) in [5.41, 5.74) is 1.47. The van der Waals surface area contributed by atoms with Crippen LogP contribution in [0.2, 0.25) is 5.02 Å². The van der Waals surface area contributed by atoms with Crippen molar-refractivity contribution in [3.05, 3.63) is 53.1 Å². The van der Waals surface area contributed by atoms with Crippen LogP contribution in [0.25, 0.3) is 0 Å². The summed E-state index contributed by atoms with van der Waals surface area (Å²) in [6.45, 7) is 8.28. The molecule has 0 aromatic heterocycles. The van der Waals surface area contributed by atoms with E-state index in [1.165, 1.54) is 11.8 Å². The molecule has 0 aliphatic carbocycles. The number of anilines is 1. The summed E-state index contributed by atoms with van der Waals surface area (Å²) in [4.78, 5) is 46.4. The van der Waals surface area contributed by atoms with Crippen molar-refractivity contribution in [2.24, 2.45) is 17.8 Å². The summed E-state index contributed by atoms with van der Waals surface area (Å²) in [7, 11) is 0. The molecule has 0 bridgehead atoms. The number of likely N-dealkylation sites (tertiary alicyclic amines) is 1. The Morgan fingerprint density at radius 3 is 2.60 bits per heavy atom. The van der Waals surface area contributed by atoms with E-state index >= 15 is 0 Å². The van der Waals surface area contributed by atoms with Crippen LogP contribution in [0.15, 0.2) is 42.5 Å². The van der Waals surface area contributed by atoms with E-state index in [2.05, 4.69) is 6.08 Å². The molecule has 1 aromatic carbocycles. The number of aryl methyl sites for hydroxylation is 1. The minimum absolute atomic E-state index is 0.180. The molecule has 1 spiro atoms. The van der Waals surface area contributed by atoms with Crippen molar-refractivity contribution in [1.29, 1.82) is 0 Å². The van der Waals surface area contributed by atoms with Gasteiger partial charge in [-0.2, -0.15) is 0 Å². The smallest absolute Gasteiger partial charge is 0.311 e. The number of ether oxygens (including phenoxy) is 1. The van der Waals surface area contributed by atoms with Crippen LogP contribution < -0.4 is 4.90 Å². The van der Waals surface area contributed by atoms with Crippen LogP contribution in [0.3, 0.4) is 0 Å². The number of cyclic esters (lactones) is 1. The van der Waals surface area contributed by atoms with Crippen LogP contribution in [0.1, 0.15) is 52.0 Å². The third kappa shape index (κ3) is 4.70. The number of carbonyl (C=O) groups excluding carboxylic acids is 3. The number of thioether (sulfide) groups is 1. The number of rotatable bonds is 5. The summed E-state index contributed by atoms with van der Waals surface area (Å²) in [5.74, 6) is -2.32. The van der Waals surface area contributed by atoms with Gasteiger partial charge in [0.2, 0.25) is 5.91 Å². The lowest BCUT2D eigenvalue weighted by molar-refractivity contribution is -0.154. The second-order valence-electron chi connectivity index (χ2n) is 12.0. The maximum absolute atomic E-state index is 14.8. The molecule has 1 aromatic rings. The van der Waals surface area contributed by atoms with Gasteiger partial charge in [-0.3, -0.25) is 14.4 Å². The minimum Gasteiger partial charge on any atom is -0.465 e. The Bertz CT molecular complexity index is 1230. The predicted molar refractivity (Wildman–Crippen MR) is 158 cm³/mol. The number of para-hydroxylation sites is 1. The number of hydrogen-bond acceptors (Lipinski definition) is 6. The Morgan fingerprint density at radius 1 is 1.12 bits per heavy atom. The number of amides is 2. The summed E-state index contributed by atoms with van der Waals surface area (Å²) >= 11 is 8.17. The molecular weight excluding hydrogens is 548 g/mol. The fraction of sp³-hybridized carbons (Fsp3) is 0.581. The van der Waals surface area contributed by atoms with Gasteiger partial charge in [0.05, 0.1) is 46.5 Å². The van der Waals surface area contributed by atoms with Crippen LogP contribution >= 0.6 is 23.4 Å². The number of nitrogens with zero attached hydrogens (tertiary/aromatic N) is 2. The lowest BCUT2D eigenvalue weighted by Crippen LogP contribution is -2.57. The zero-order valence-corrected chi connectivity index (χ0v) is 25.2. The van der Waals surface area contributed by atoms with E-state index in [-0.39, 0.29) is 30.9 Å². The van der Waals surface area contributed by atoms with Gasteiger partial charge >= 0.3 is 5.97 Å². The van der Waals surface area contributed by atoms with Crippen LogP contribution in [-0.2, 0) is 19.1 Å². The second kappa shape index (κ2) is 11.2. The predicted octanol–water partition coefficient (Wildman–Crippen LogP) is 4.93. The van der Waals surface area contributed by atoms with Crippen LogP contribution in [-0.4, -0.2) is 69.1 Å². The highest BCUT2D eigenvalue weighted by atomic mass is 35.5. The molecule has 1 unspecified atom stereocenters. The first-order valence-corrected chi connectivity index (χ1v) is 15.5. The largest absolute Gasteiger partial charge is 0.465 e. The topological polar surface area (TPSA) is 87.2 Å². The van der Waals surface area contributed by atoms with E-state index in [4.69, 9.17) is 16.3 Å². The average Bonchev–Trinajstić information content (AvgIpc) is 3.23. The van der Waals surface area contributed by atoms with Gasteiger partial charge in [-0.15, -0.1) is 11.8 Å². The van der Waals surface area contributed by atoms with Crippen molar-refractivity contribution >= 4 is 46.8 Å². The van der Waals surface area contributed by atoms with Crippen molar-refractivity contribution in [3.8, 4) is 0 Å². The number of aliphatic hydroxyl groups excluding tert-OH is 1. The maximum Gasteiger partial charge on any atom is 0.311 e. The van der Waals surface area contributed by atoms with Gasteiger partial charge in [-0.1, -0.05) is 61.9 Å². The Labute approximate surface area is 245 Å². The average molecular weight is 587 g/mol. The van der Waals surface area contributed by atoms with E-state index in [1.807, 2.05) is 58.1 Å². The fourth-order valence-electron chi connectivity index (χ4n) is 7.12. The number of carbonyl (C=O) groups is 3. The molecule has 9 heteroatoms. The minimum atomic E-state index is -1.01. The number of benzene rings is 1. The van der Waals surface area contributed by atoms with E-state index in [1.54, 1.807) is 15.9 Å². The van der Waals surface area contributed by atoms with E-state index in [9.17, 15) is 19.5 Å². The van der Waals surface area contributed by atoms with Crippen LogP contribution in [0.5, 0.6) is 0 Å². The van der Waals surface area contributed by atoms with E-state index in [0.29, 0.717) is 23.7 Å². The number of halogens is 1. The molecular formula is C31H39ClN2O5S. The Balaban J connectivity index is 1.70. The molecule has 4 aliphatic rings. The molecule has 2 amide bonds. The molecule has 40 heavy (non-hydrogen) atoms. The highest BCUT2D eigenvalue weighted by Crippen LogP contribution is 2.65. The van der Waals surface area contributed by atoms with Crippen molar-refractivity contribution < 1.29 is 24.2 Å². The molecule has 6 atom stereocenters. The molecule has 0 saturated carbocycles. The maximum atomic E-state index is 14.8. The van der Waals surface area contributed by atoms with E-state index < -0.39 is 39.4 Å². The van der Waals surface area contributed by atoms with Gasteiger partial charge in [0.15, 0.2) is 0 Å². The molecule has 2 fully saturated rings. The van der Waals surface area contributed by atoms with Crippen molar-refractivity contribution in [2.75, 3.05) is 24.7 Å². The number of hydrogen-bond donors (Lipinski definition) is 1. The molecule has 4 heterocycles.